The summed E-state index contributed by atoms with van der Waals surface area (Å²) < 4.78 is 0. The Hall–Kier alpha value is -2.35. The molecule has 90 valence electrons. The third kappa shape index (κ3) is 3.08. The predicted molar refractivity (Wildman–Crippen MR) is 65.4 cm³/mol. The average Bonchev–Trinajstić information content (AvgIpc) is 2.34. The Morgan fingerprint density at radius 1 is 1.33 bits per heavy atom. The van der Waals surface area contributed by atoms with Gasteiger partial charge in [-0.05, 0) is 6.07 Å². The molecule has 7 nitrogen and oxygen atoms in total. The summed E-state index contributed by atoms with van der Waals surface area (Å²) in [6.07, 6.45) is 0. The van der Waals surface area contributed by atoms with Crippen molar-refractivity contribution in [3.63, 3.8) is 0 Å². The van der Waals surface area contributed by atoms with E-state index >= 15 is 0 Å². The number of benzene rings is 1. The van der Waals surface area contributed by atoms with Crippen molar-refractivity contribution < 1.29 is 4.92 Å². The van der Waals surface area contributed by atoms with Gasteiger partial charge in [-0.3, -0.25) is 15.5 Å². The van der Waals surface area contributed by atoms with Crippen LogP contribution in [0.3, 0.4) is 0 Å². The molecule has 0 aliphatic heterocycles. The minimum Gasteiger partial charge on any atom is -0.270 e. The number of hydrogen-bond acceptors (Lipinski definition) is 6. The Morgan fingerprint density at radius 3 is 2.39 bits per heavy atom. The van der Waals surface area contributed by atoms with E-state index < -0.39 is 10.6 Å². The maximum atomic E-state index is 10.8. The normalized spacial score (nSPS) is 8.89. The second kappa shape index (κ2) is 5.82. The van der Waals surface area contributed by atoms with Gasteiger partial charge in [0.05, 0.1) is 15.0 Å². The van der Waals surface area contributed by atoms with Crippen LogP contribution >= 0.6 is 23.2 Å². The number of nitro groups is 1. The van der Waals surface area contributed by atoms with Crippen molar-refractivity contribution in [3.05, 3.63) is 32.3 Å². The highest BCUT2D eigenvalue weighted by molar-refractivity contribution is 6.42. The lowest BCUT2D eigenvalue weighted by molar-refractivity contribution is -0.383. The number of nitrogens with zero attached hydrogens (tertiary/aromatic N) is 4. The summed E-state index contributed by atoms with van der Waals surface area (Å²) in [7, 11) is 0. The molecule has 0 amide bonds. The fourth-order valence-electron chi connectivity index (χ4n) is 0.968. The number of nitrogens with one attached hydrogen (secondary N) is 1. The number of anilines is 1. The zero-order chi connectivity index (χ0) is 13.7. The van der Waals surface area contributed by atoms with E-state index in [4.69, 9.17) is 33.7 Å². The van der Waals surface area contributed by atoms with Crippen LogP contribution < -0.4 is 5.43 Å². The molecule has 0 spiro atoms. The monoisotopic (exact) mass is 283 g/mol. The van der Waals surface area contributed by atoms with E-state index in [0.717, 1.165) is 6.07 Å². The third-order valence-corrected chi connectivity index (χ3v) is 2.46. The average molecular weight is 284 g/mol. The van der Waals surface area contributed by atoms with Crippen LogP contribution in [0, 0.1) is 32.8 Å². The lowest BCUT2D eigenvalue weighted by Gasteiger charge is -2.03. The summed E-state index contributed by atoms with van der Waals surface area (Å²) in [6.45, 7) is 0. The summed E-state index contributed by atoms with van der Waals surface area (Å²) in [4.78, 5) is 10.1. The van der Waals surface area contributed by atoms with E-state index in [0.29, 0.717) is 0 Å². The SMILES string of the molecule is N#CC(C#N)=NNc1cc(Cl)c(Cl)cc1[N+](=O)[O-]. The Balaban J connectivity index is 3.21. The maximum absolute atomic E-state index is 10.8. The molecule has 1 rings (SSSR count). The van der Waals surface area contributed by atoms with E-state index in [2.05, 4.69) is 10.5 Å². The minimum atomic E-state index is -0.696. The maximum Gasteiger partial charge on any atom is 0.295 e. The fraction of sp³-hybridized carbons (Fsp3) is 0. The van der Waals surface area contributed by atoms with Crippen molar-refractivity contribution in [2.24, 2.45) is 5.10 Å². The molecule has 0 radical (unpaired) electrons. The number of nitro benzene ring substituents is 1. The van der Waals surface area contributed by atoms with Crippen LogP contribution in [0.1, 0.15) is 0 Å². The van der Waals surface area contributed by atoms with Crippen molar-refractivity contribution in [1.29, 1.82) is 10.5 Å². The van der Waals surface area contributed by atoms with Crippen molar-refractivity contribution in [2.75, 3.05) is 5.43 Å². The Bertz CT molecular complexity index is 599. The first-order valence-corrected chi connectivity index (χ1v) is 5.02. The second-order valence-electron chi connectivity index (χ2n) is 2.84. The molecule has 0 fully saturated rings. The summed E-state index contributed by atoms with van der Waals surface area (Å²) >= 11 is 11.3. The van der Waals surface area contributed by atoms with Gasteiger partial charge in [-0.2, -0.15) is 15.6 Å². The van der Waals surface area contributed by atoms with E-state index in [1.807, 2.05) is 0 Å². The van der Waals surface area contributed by atoms with Crippen LogP contribution in [-0.4, -0.2) is 10.6 Å². The first kappa shape index (κ1) is 13.7. The molecule has 1 N–H and O–H groups in total. The molecule has 1 aromatic carbocycles. The fourth-order valence-corrected chi connectivity index (χ4v) is 1.29. The largest absolute Gasteiger partial charge is 0.295 e. The van der Waals surface area contributed by atoms with Gasteiger partial charge in [0.25, 0.3) is 5.69 Å². The highest BCUT2D eigenvalue weighted by Crippen LogP contribution is 2.33. The van der Waals surface area contributed by atoms with Gasteiger partial charge >= 0.3 is 0 Å². The molecule has 1 aromatic rings. The van der Waals surface area contributed by atoms with Crippen LogP contribution in [0.25, 0.3) is 0 Å². The lowest BCUT2D eigenvalue weighted by atomic mass is 10.3. The molecule has 0 unspecified atom stereocenters. The van der Waals surface area contributed by atoms with Gasteiger partial charge in [-0.15, -0.1) is 0 Å². The van der Waals surface area contributed by atoms with E-state index in [9.17, 15) is 10.1 Å². The molecular formula is C9H3Cl2N5O2. The quantitative estimate of drug-likeness (QED) is 0.520. The van der Waals surface area contributed by atoms with Gasteiger partial charge in [-0.25, -0.2) is 0 Å². The van der Waals surface area contributed by atoms with Crippen molar-refractivity contribution in [3.8, 4) is 12.1 Å². The molecule has 9 heteroatoms. The van der Waals surface area contributed by atoms with Crippen molar-refractivity contribution in [2.45, 2.75) is 0 Å². The molecule has 0 aliphatic carbocycles. The molecule has 0 heterocycles. The van der Waals surface area contributed by atoms with Crippen LogP contribution in [0.2, 0.25) is 10.0 Å². The molecule has 0 aliphatic rings. The van der Waals surface area contributed by atoms with Gasteiger partial charge in [0.15, 0.2) is 0 Å². The minimum absolute atomic E-state index is 0.0127. The first-order valence-electron chi connectivity index (χ1n) is 4.27. The molecule has 0 saturated carbocycles. The van der Waals surface area contributed by atoms with E-state index in [-0.39, 0.29) is 21.4 Å². The molecule has 0 saturated heterocycles. The molecule has 18 heavy (non-hydrogen) atoms. The number of rotatable bonds is 3. The van der Waals surface area contributed by atoms with Crippen LogP contribution in [0.5, 0.6) is 0 Å². The smallest absolute Gasteiger partial charge is 0.270 e. The second-order valence-corrected chi connectivity index (χ2v) is 3.65. The van der Waals surface area contributed by atoms with E-state index in [1.54, 1.807) is 0 Å². The molecule has 0 atom stereocenters. The van der Waals surface area contributed by atoms with Gasteiger partial charge in [0, 0.05) is 6.07 Å². The number of nitriles is 2. The van der Waals surface area contributed by atoms with Gasteiger partial charge in [0.2, 0.25) is 5.71 Å². The van der Waals surface area contributed by atoms with Crippen molar-refractivity contribution >= 4 is 40.3 Å². The topological polar surface area (TPSA) is 115 Å². The molecule has 0 aromatic heterocycles. The van der Waals surface area contributed by atoms with Crippen LogP contribution in [-0.2, 0) is 0 Å². The molecular weight excluding hydrogens is 281 g/mol. The highest BCUT2D eigenvalue weighted by atomic mass is 35.5. The Labute approximate surface area is 111 Å². The first-order chi connectivity index (χ1) is 8.49. The van der Waals surface area contributed by atoms with Gasteiger partial charge in [0.1, 0.15) is 17.8 Å². The standard InChI is InChI=1S/C9H3Cl2N5O2/c10-6-1-8(15-14-5(3-12)4-13)9(16(17)18)2-7(6)11/h1-2,15H. The Morgan fingerprint density at radius 2 is 1.89 bits per heavy atom. The summed E-state index contributed by atoms with van der Waals surface area (Å²) in [5, 5.41) is 31.1. The zero-order valence-electron chi connectivity index (χ0n) is 8.52. The van der Waals surface area contributed by atoms with Crippen LogP contribution in [0.4, 0.5) is 11.4 Å². The summed E-state index contributed by atoms with van der Waals surface area (Å²) in [5.41, 5.74) is 1.30. The zero-order valence-corrected chi connectivity index (χ0v) is 10.0. The number of hydrogen-bond donors (Lipinski definition) is 1. The van der Waals surface area contributed by atoms with Crippen molar-refractivity contribution in [1.82, 2.24) is 0 Å². The summed E-state index contributed by atoms with van der Waals surface area (Å²) in [5.74, 6) is 0. The van der Waals surface area contributed by atoms with Gasteiger partial charge < -0.3 is 0 Å². The Kier molecular flexibility index (Phi) is 4.44. The van der Waals surface area contributed by atoms with Crippen LogP contribution in [0.15, 0.2) is 17.2 Å². The van der Waals surface area contributed by atoms with Gasteiger partial charge in [-0.1, -0.05) is 23.2 Å². The third-order valence-electron chi connectivity index (χ3n) is 1.74. The van der Waals surface area contributed by atoms with E-state index in [1.165, 1.54) is 18.2 Å². The highest BCUT2D eigenvalue weighted by Gasteiger charge is 2.16. The predicted octanol–water partition coefficient (Wildman–Crippen LogP) is 2.72. The molecule has 0 bridgehead atoms. The lowest BCUT2D eigenvalue weighted by Crippen LogP contribution is -2.00. The number of halogens is 2. The number of hydrazone groups is 1. The summed E-state index contributed by atoms with van der Waals surface area (Å²) in [6, 6.07) is 5.21.